The van der Waals surface area contributed by atoms with Gasteiger partial charge in [-0.1, -0.05) is 53.1 Å². The van der Waals surface area contributed by atoms with Crippen molar-refractivity contribution in [3.63, 3.8) is 0 Å². The van der Waals surface area contributed by atoms with E-state index in [0.717, 1.165) is 19.0 Å². The third-order valence-electron chi connectivity index (χ3n) is 6.16. The fourth-order valence-corrected chi connectivity index (χ4v) is 8.41. The third-order valence-corrected chi connectivity index (χ3v) is 10.7. The van der Waals surface area contributed by atoms with Crippen LogP contribution in [0, 0.1) is 26.2 Å². The van der Waals surface area contributed by atoms with Crippen LogP contribution in [-0.4, -0.2) is 18.7 Å². The van der Waals surface area contributed by atoms with E-state index < -0.39 is 12.7 Å². The maximum atomic E-state index is 12.2. The van der Waals surface area contributed by atoms with Gasteiger partial charge in [-0.2, -0.15) is 0 Å². The number of hydrogen-bond acceptors (Lipinski definition) is 2. The molecule has 0 aliphatic heterocycles. The van der Waals surface area contributed by atoms with E-state index in [-0.39, 0.29) is 5.97 Å². The molecule has 0 aliphatic rings. The van der Waals surface area contributed by atoms with Crippen molar-refractivity contribution in [1.29, 1.82) is 0 Å². The molecule has 0 atom stereocenters. The van der Waals surface area contributed by atoms with Crippen LogP contribution in [0.15, 0.2) is 72.8 Å². The van der Waals surface area contributed by atoms with Crippen molar-refractivity contribution in [2.45, 2.75) is 54.4 Å². The molecule has 3 heteroatoms. The zero-order chi connectivity index (χ0) is 24.1. The maximum absolute atomic E-state index is 12.2. The minimum absolute atomic E-state index is 0.126. The highest BCUT2D eigenvalue weighted by molar-refractivity contribution is 7.95. The molecule has 0 fully saturated rings. The first-order valence-electron chi connectivity index (χ1n) is 11.9. The first-order chi connectivity index (χ1) is 15.6. The van der Waals surface area contributed by atoms with Gasteiger partial charge < -0.3 is 4.74 Å². The molecular weight excluding hydrogens is 423 g/mol. The fourth-order valence-electron chi connectivity index (χ4n) is 4.06. The summed E-state index contributed by atoms with van der Waals surface area (Å²) in [6.07, 6.45) is 2.92. The van der Waals surface area contributed by atoms with Gasteiger partial charge in [0.05, 0.1) is 18.2 Å². The van der Waals surface area contributed by atoms with Crippen molar-refractivity contribution in [2.75, 3.05) is 12.8 Å². The number of carbonyl (C=O) groups is 1. The van der Waals surface area contributed by atoms with Crippen LogP contribution in [0.2, 0.25) is 0 Å². The van der Waals surface area contributed by atoms with Crippen LogP contribution in [0.4, 0.5) is 0 Å². The summed E-state index contributed by atoms with van der Waals surface area (Å²) in [4.78, 5) is 12.2. The summed E-state index contributed by atoms with van der Waals surface area (Å²) in [5.74, 6) is -0.126. The Kier molecular flexibility index (Phi) is 8.14. The Morgan fingerprint density at radius 3 is 1.36 bits per heavy atom. The SMILES string of the molecule is Cc1ccc([P+](CCCCOC(=O)C(C)(C)C)(c2ccc(C)cc2)c2ccc(C)cc2)cc1. The van der Waals surface area contributed by atoms with Crippen LogP contribution >= 0.6 is 7.26 Å². The second-order valence-corrected chi connectivity index (χ2v) is 13.7. The van der Waals surface area contributed by atoms with E-state index in [1.165, 1.54) is 32.6 Å². The molecule has 33 heavy (non-hydrogen) atoms. The van der Waals surface area contributed by atoms with Gasteiger partial charge in [0.2, 0.25) is 0 Å². The van der Waals surface area contributed by atoms with Crippen molar-refractivity contribution in [2.24, 2.45) is 5.41 Å². The summed E-state index contributed by atoms with van der Waals surface area (Å²) in [5, 5.41) is 4.23. The zero-order valence-electron chi connectivity index (χ0n) is 21.0. The number of benzene rings is 3. The average molecular weight is 462 g/mol. The summed E-state index contributed by atoms with van der Waals surface area (Å²) in [7, 11) is -1.85. The number of aryl methyl sites for hydroxylation is 3. The Morgan fingerprint density at radius 1 is 0.667 bits per heavy atom. The van der Waals surface area contributed by atoms with Crippen LogP contribution in [0.5, 0.6) is 0 Å². The van der Waals surface area contributed by atoms with Crippen molar-refractivity contribution >= 4 is 29.1 Å². The van der Waals surface area contributed by atoms with E-state index in [1.807, 2.05) is 20.8 Å². The molecule has 0 saturated carbocycles. The number of esters is 1. The number of ether oxygens (including phenoxy) is 1. The maximum Gasteiger partial charge on any atom is 0.311 e. The molecule has 2 nitrogen and oxygen atoms in total. The molecule has 0 saturated heterocycles. The number of carbonyl (C=O) groups excluding carboxylic acids is 1. The van der Waals surface area contributed by atoms with E-state index in [4.69, 9.17) is 4.74 Å². The number of rotatable bonds is 8. The summed E-state index contributed by atoms with van der Waals surface area (Å²) < 4.78 is 5.56. The number of unbranched alkanes of at least 4 members (excludes halogenated alkanes) is 1. The quantitative estimate of drug-likeness (QED) is 0.224. The Bertz CT molecular complexity index is 932. The molecule has 0 spiro atoms. The Morgan fingerprint density at radius 2 is 1.03 bits per heavy atom. The Hall–Kier alpha value is -2.44. The molecule has 0 aliphatic carbocycles. The van der Waals surface area contributed by atoms with Gasteiger partial charge in [0.25, 0.3) is 0 Å². The molecule has 0 aromatic heterocycles. The number of hydrogen-bond donors (Lipinski definition) is 0. The van der Waals surface area contributed by atoms with Crippen LogP contribution in [0.25, 0.3) is 0 Å². The molecule has 174 valence electrons. The highest BCUT2D eigenvalue weighted by Gasteiger charge is 2.44. The first-order valence-corrected chi connectivity index (χ1v) is 13.9. The predicted molar refractivity (Wildman–Crippen MR) is 144 cm³/mol. The van der Waals surface area contributed by atoms with E-state index in [2.05, 4.69) is 93.6 Å². The van der Waals surface area contributed by atoms with Gasteiger partial charge in [-0.15, -0.1) is 0 Å². The third kappa shape index (κ3) is 6.12. The molecular formula is C30H38O2P+. The average Bonchev–Trinajstić information content (AvgIpc) is 2.78. The largest absolute Gasteiger partial charge is 0.465 e. The van der Waals surface area contributed by atoms with Gasteiger partial charge in [0.1, 0.15) is 23.2 Å². The monoisotopic (exact) mass is 461 g/mol. The lowest BCUT2D eigenvalue weighted by atomic mass is 9.97. The highest BCUT2D eigenvalue weighted by Crippen LogP contribution is 2.56. The van der Waals surface area contributed by atoms with E-state index in [1.54, 1.807) is 0 Å². The summed E-state index contributed by atoms with van der Waals surface area (Å²) >= 11 is 0. The molecule has 0 bridgehead atoms. The van der Waals surface area contributed by atoms with Gasteiger partial charge in [-0.05, 0) is 90.8 Å². The molecule has 3 rings (SSSR count). The van der Waals surface area contributed by atoms with Crippen LogP contribution in [0.3, 0.4) is 0 Å². The topological polar surface area (TPSA) is 26.3 Å². The van der Waals surface area contributed by atoms with Crippen LogP contribution in [0.1, 0.15) is 50.3 Å². The molecule has 0 N–H and O–H groups in total. The molecule has 3 aromatic carbocycles. The fraction of sp³-hybridized carbons (Fsp3) is 0.367. The minimum atomic E-state index is -1.85. The lowest BCUT2D eigenvalue weighted by Gasteiger charge is -2.28. The predicted octanol–water partition coefficient (Wildman–Crippen LogP) is 6.28. The van der Waals surface area contributed by atoms with E-state index in [9.17, 15) is 4.79 Å². The summed E-state index contributed by atoms with van der Waals surface area (Å²) in [5.41, 5.74) is 3.37. The normalized spacial score (nSPS) is 11.9. The van der Waals surface area contributed by atoms with Gasteiger partial charge in [-0.3, -0.25) is 4.79 Å². The van der Waals surface area contributed by atoms with Crippen molar-refractivity contribution in [1.82, 2.24) is 0 Å². The smallest absolute Gasteiger partial charge is 0.311 e. The Balaban J connectivity index is 1.98. The van der Waals surface area contributed by atoms with E-state index in [0.29, 0.717) is 6.61 Å². The second-order valence-electron chi connectivity index (χ2n) is 10.1. The standard InChI is InChI=1S/C30H38O2P/c1-23-9-15-26(16-10-23)33(27-17-11-24(2)12-18-27,28-19-13-25(3)14-20-28)22-8-7-21-32-29(31)30(4,5)6/h9-20H,7-8,21-22H2,1-6H3/q+1. The Labute approximate surface area is 200 Å². The lowest BCUT2D eigenvalue weighted by molar-refractivity contribution is -0.153. The minimum Gasteiger partial charge on any atom is -0.465 e. The van der Waals surface area contributed by atoms with Gasteiger partial charge in [0, 0.05) is 0 Å². The van der Waals surface area contributed by atoms with Crippen LogP contribution in [-0.2, 0) is 9.53 Å². The molecule has 0 amide bonds. The lowest BCUT2D eigenvalue weighted by Crippen LogP contribution is -2.33. The summed E-state index contributed by atoms with van der Waals surface area (Å²) in [6.45, 7) is 12.6. The van der Waals surface area contributed by atoms with Gasteiger partial charge >= 0.3 is 5.97 Å². The molecule has 0 heterocycles. The van der Waals surface area contributed by atoms with Crippen molar-refractivity contribution in [3.8, 4) is 0 Å². The van der Waals surface area contributed by atoms with Crippen LogP contribution < -0.4 is 15.9 Å². The molecule has 3 aromatic rings. The first kappa shape index (κ1) is 25.2. The molecule has 0 radical (unpaired) electrons. The van der Waals surface area contributed by atoms with Gasteiger partial charge in [-0.25, -0.2) is 0 Å². The molecule has 0 unspecified atom stereocenters. The van der Waals surface area contributed by atoms with Crippen molar-refractivity contribution < 1.29 is 9.53 Å². The van der Waals surface area contributed by atoms with Gasteiger partial charge in [0.15, 0.2) is 0 Å². The highest BCUT2D eigenvalue weighted by atomic mass is 31.2. The van der Waals surface area contributed by atoms with Crippen molar-refractivity contribution in [3.05, 3.63) is 89.5 Å². The zero-order valence-corrected chi connectivity index (χ0v) is 21.9. The summed E-state index contributed by atoms with van der Waals surface area (Å²) in [6, 6.07) is 27.3. The van der Waals surface area contributed by atoms with E-state index >= 15 is 0 Å². The second kappa shape index (κ2) is 10.7.